The molecule has 1 saturated heterocycles. The van der Waals surface area contributed by atoms with E-state index in [1.807, 2.05) is 4.90 Å². The summed E-state index contributed by atoms with van der Waals surface area (Å²) in [7, 11) is 1.77. The SMILES string of the molecule is CC(C)C(N)CCN(C)C(=O)C(c1ccccc1F)N1CCOCC1.Cl.Cl. The highest BCUT2D eigenvalue weighted by Crippen LogP contribution is 2.26. The zero-order valence-corrected chi connectivity index (χ0v) is 17.9. The van der Waals surface area contributed by atoms with Crippen molar-refractivity contribution in [1.82, 2.24) is 9.80 Å². The van der Waals surface area contributed by atoms with Gasteiger partial charge in [-0.1, -0.05) is 32.0 Å². The summed E-state index contributed by atoms with van der Waals surface area (Å²) in [5.41, 5.74) is 6.52. The molecule has 5 nitrogen and oxygen atoms in total. The first-order chi connectivity index (χ1) is 11.9. The van der Waals surface area contributed by atoms with E-state index in [9.17, 15) is 9.18 Å². The molecule has 2 atom stereocenters. The van der Waals surface area contributed by atoms with E-state index in [1.54, 1.807) is 30.1 Å². The van der Waals surface area contributed by atoms with Gasteiger partial charge in [-0.25, -0.2) is 4.39 Å². The number of nitrogens with two attached hydrogens (primary N) is 1. The van der Waals surface area contributed by atoms with Crippen LogP contribution in [0.25, 0.3) is 0 Å². The number of halogens is 3. The molecule has 0 spiro atoms. The van der Waals surface area contributed by atoms with Crippen molar-refractivity contribution in [2.75, 3.05) is 39.9 Å². The first-order valence-corrected chi connectivity index (χ1v) is 8.98. The van der Waals surface area contributed by atoms with Gasteiger partial charge in [0, 0.05) is 38.3 Å². The smallest absolute Gasteiger partial charge is 0.244 e. The lowest BCUT2D eigenvalue weighted by atomic mass is 10.0. The van der Waals surface area contributed by atoms with Crippen LogP contribution in [0, 0.1) is 11.7 Å². The molecular weight excluding hydrogens is 392 g/mol. The van der Waals surface area contributed by atoms with Crippen LogP contribution in [0.5, 0.6) is 0 Å². The molecule has 156 valence electrons. The van der Waals surface area contributed by atoms with Gasteiger partial charge in [-0.3, -0.25) is 9.69 Å². The molecule has 2 N–H and O–H groups in total. The quantitative estimate of drug-likeness (QED) is 0.732. The number of carbonyl (C=O) groups excluding carboxylic acids is 1. The number of likely N-dealkylation sites (N-methyl/N-ethyl adjacent to an activating group) is 1. The van der Waals surface area contributed by atoms with Crippen LogP contribution in [0.1, 0.15) is 31.9 Å². The van der Waals surface area contributed by atoms with Crippen molar-refractivity contribution in [2.24, 2.45) is 11.7 Å². The highest BCUT2D eigenvalue weighted by Gasteiger charge is 2.33. The van der Waals surface area contributed by atoms with Crippen LogP contribution in [-0.4, -0.2) is 61.6 Å². The fraction of sp³-hybridized carbons (Fsp3) is 0.632. The maximum absolute atomic E-state index is 14.4. The first-order valence-electron chi connectivity index (χ1n) is 8.98. The van der Waals surface area contributed by atoms with E-state index in [2.05, 4.69) is 13.8 Å². The van der Waals surface area contributed by atoms with Crippen molar-refractivity contribution in [1.29, 1.82) is 0 Å². The van der Waals surface area contributed by atoms with Crippen LogP contribution in [0.4, 0.5) is 4.39 Å². The molecule has 0 saturated carbocycles. The summed E-state index contributed by atoms with van der Waals surface area (Å²) in [5.74, 6) is -0.0762. The number of ether oxygens (including phenoxy) is 1. The van der Waals surface area contributed by atoms with Crippen LogP contribution >= 0.6 is 24.8 Å². The predicted octanol–water partition coefficient (Wildman–Crippen LogP) is 2.87. The molecule has 0 aromatic heterocycles. The minimum Gasteiger partial charge on any atom is -0.379 e. The third kappa shape index (κ3) is 7.20. The fourth-order valence-corrected chi connectivity index (χ4v) is 3.01. The number of rotatable bonds is 7. The minimum atomic E-state index is -0.620. The van der Waals surface area contributed by atoms with Crippen LogP contribution in [0.15, 0.2) is 24.3 Å². The zero-order chi connectivity index (χ0) is 18.4. The van der Waals surface area contributed by atoms with Gasteiger partial charge in [0.05, 0.1) is 13.2 Å². The van der Waals surface area contributed by atoms with Crippen molar-refractivity contribution in [2.45, 2.75) is 32.4 Å². The molecule has 1 aromatic carbocycles. The number of carbonyl (C=O) groups is 1. The maximum atomic E-state index is 14.4. The molecule has 1 aliphatic heterocycles. The van der Waals surface area contributed by atoms with E-state index in [0.29, 0.717) is 44.3 Å². The Bertz CT molecular complexity index is 572. The zero-order valence-electron chi connectivity index (χ0n) is 16.3. The first kappa shape index (κ1) is 26.1. The molecule has 0 radical (unpaired) electrons. The van der Waals surface area contributed by atoms with Crippen molar-refractivity contribution in [3.63, 3.8) is 0 Å². The molecular formula is C19H32Cl2FN3O2. The molecule has 2 rings (SSSR count). The van der Waals surface area contributed by atoms with Crippen LogP contribution in [-0.2, 0) is 9.53 Å². The van der Waals surface area contributed by atoms with Crippen LogP contribution < -0.4 is 5.73 Å². The highest BCUT2D eigenvalue weighted by molar-refractivity contribution is 5.85. The average Bonchev–Trinajstić information content (AvgIpc) is 2.61. The van der Waals surface area contributed by atoms with Gasteiger partial charge >= 0.3 is 0 Å². The van der Waals surface area contributed by atoms with Crippen molar-refractivity contribution < 1.29 is 13.9 Å². The summed E-state index contributed by atoms with van der Waals surface area (Å²) < 4.78 is 19.8. The van der Waals surface area contributed by atoms with Gasteiger partial charge in [-0.15, -0.1) is 24.8 Å². The third-order valence-electron chi connectivity index (χ3n) is 4.87. The summed E-state index contributed by atoms with van der Waals surface area (Å²) >= 11 is 0. The Labute approximate surface area is 174 Å². The van der Waals surface area contributed by atoms with Crippen LogP contribution in [0.3, 0.4) is 0 Å². The number of morpholine rings is 1. The Morgan fingerprint density at radius 2 is 1.85 bits per heavy atom. The Balaban J connectivity index is 0.00000338. The lowest BCUT2D eigenvalue weighted by Crippen LogP contribution is -2.47. The summed E-state index contributed by atoms with van der Waals surface area (Å²) in [6, 6.07) is 5.95. The summed E-state index contributed by atoms with van der Waals surface area (Å²) in [6.45, 7) is 7.05. The van der Waals surface area contributed by atoms with Gasteiger partial charge in [-0.2, -0.15) is 0 Å². The van der Waals surface area contributed by atoms with Gasteiger partial charge in [0.2, 0.25) is 5.91 Å². The second kappa shape index (κ2) is 12.5. The van der Waals surface area contributed by atoms with E-state index < -0.39 is 6.04 Å². The standard InChI is InChI=1S/C19H30FN3O2.2ClH/c1-14(2)17(21)8-9-22(3)19(24)18(23-10-12-25-13-11-23)15-6-4-5-7-16(15)20;;/h4-7,14,17-18H,8-13,21H2,1-3H3;2*1H. The Kier molecular flexibility index (Phi) is 12.1. The van der Waals surface area contributed by atoms with Crippen LogP contribution in [0.2, 0.25) is 0 Å². The lowest BCUT2D eigenvalue weighted by Gasteiger charge is -2.36. The predicted molar refractivity (Wildman–Crippen MR) is 111 cm³/mol. The topological polar surface area (TPSA) is 58.8 Å². The number of amides is 1. The average molecular weight is 424 g/mol. The largest absolute Gasteiger partial charge is 0.379 e. The molecule has 1 aliphatic rings. The second-order valence-electron chi connectivity index (χ2n) is 7.03. The van der Waals surface area contributed by atoms with Gasteiger partial charge < -0.3 is 15.4 Å². The van der Waals surface area contributed by atoms with E-state index in [4.69, 9.17) is 10.5 Å². The van der Waals surface area contributed by atoms with E-state index in [-0.39, 0.29) is 42.6 Å². The molecule has 1 amide bonds. The summed E-state index contributed by atoms with van der Waals surface area (Å²) in [6.07, 6.45) is 0.729. The Morgan fingerprint density at radius 1 is 1.26 bits per heavy atom. The summed E-state index contributed by atoms with van der Waals surface area (Å²) in [5, 5.41) is 0. The van der Waals surface area contributed by atoms with E-state index in [1.165, 1.54) is 6.07 Å². The molecule has 1 aromatic rings. The normalized spacial score (nSPS) is 16.8. The molecule has 27 heavy (non-hydrogen) atoms. The lowest BCUT2D eigenvalue weighted by molar-refractivity contribution is -0.138. The van der Waals surface area contributed by atoms with Gasteiger partial charge in [0.1, 0.15) is 11.9 Å². The highest BCUT2D eigenvalue weighted by atomic mass is 35.5. The van der Waals surface area contributed by atoms with E-state index >= 15 is 0 Å². The van der Waals surface area contributed by atoms with Gasteiger partial charge in [0.25, 0.3) is 0 Å². The van der Waals surface area contributed by atoms with Crippen molar-refractivity contribution in [3.8, 4) is 0 Å². The molecule has 0 aliphatic carbocycles. The van der Waals surface area contributed by atoms with Gasteiger partial charge in [-0.05, 0) is 18.4 Å². The maximum Gasteiger partial charge on any atom is 0.244 e. The fourth-order valence-electron chi connectivity index (χ4n) is 3.01. The molecule has 8 heteroatoms. The Hall–Kier alpha value is -0.920. The Morgan fingerprint density at radius 3 is 2.41 bits per heavy atom. The minimum absolute atomic E-state index is 0. The number of hydrogen-bond acceptors (Lipinski definition) is 4. The number of benzene rings is 1. The second-order valence-corrected chi connectivity index (χ2v) is 7.03. The summed E-state index contributed by atoms with van der Waals surface area (Å²) in [4.78, 5) is 16.8. The van der Waals surface area contributed by atoms with E-state index in [0.717, 1.165) is 6.42 Å². The monoisotopic (exact) mass is 423 g/mol. The van der Waals surface area contributed by atoms with Gasteiger partial charge in [0.15, 0.2) is 0 Å². The number of nitrogens with zero attached hydrogens (tertiary/aromatic N) is 2. The molecule has 1 heterocycles. The molecule has 1 fully saturated rings. The molecule has 2 unspecified atom stereocenters. The van der Waals surface area contributed by atoms with Crippen molar-refractivity contribution >= 4 is 30.7 Å². The number of hydrogen-bond donors (Lipinski definition) is 1. The van der Waals surface area contributed by atoms with Crippen molar-refractivity contribution in [3.05, 3.63) is 35.6 Å². The molecule has 0 bridgehead atoms. The third-order valence-corrected chi connectivity index (χ3v) is 4.87.